The van der Waals surface area contributed by atoms with E-state index in [-0.39, 0.29) is 5.69 Å². The van der Waals surface area contributed by atoms with Crippen LogP contribution < -0.4 is 5.73 Å². The lowest BCUT2D eigenvalue weighted by Crippen LogP contribution is -2.14. The van der Waals surface area contributed by atoms with E-state index in [1.54, 1.807) is 31.1 Å². The standard InChI is InChI=1S/C19H22N8O2/c1-11-7-16(27(24-11)5-6-29-4)14-10-25(2)19(23-14)17-12-9-21-26(3)15(12)8-13(22-17)18(20)28/h7-10H,5-6H2,1-4H3,(H2,20,28). The Morgan fingerprint density at radius 3 is 2.76 bits per heavy atom. The summed E-state index contributed by atoms with van der Waals surface area (Å²) in [6.07, 6.45) is 3.62. The number of pyridine rings is 1. The molecule has 4 aromatic heterocycles. The number of nitrogens with two attached hydrogens (primary N) is 1. The van der Waals surface area contributed by atoms with Gasteiger partial charge < -0.3 is 15.0 Å². The van der Waals surface area contributed by atoms with Crippen LogP contribution in [0.2, 0.25) is 0 Å². The molecule has 0 aliphatic carbocycles. The zero-order chi connectivity index (χ0) is 20.7. The minimum atomic E-state index is -0.600. The summed E-state index contributed by atoms with van der Waals surface area (Å²) < 4.78 is 10.6. The summed E-state index contributed by atoms with van der Waals surface area (Å²) in [7, 11) is 5.35. The molecule has 0 saturated heterocycles. The Hall–Kier alpha value is -3.53. The molecule has 0 aromatic carbocycles. The van der Waals surface area contributed by atoms with Gasteiger partial charge in [0.25, 0.3) is 5.91 Å². The first-order chi connectivity index (χ1) is 13.9. The van der Waals surface area contributed by atoms with Gasteiger partial charge in [-0.1, -0.05) is 0 Å². The number of aromatic nitrogens is 7. The Bertz CT molecular complexity index is 1220. The quantitative estimate of drug-likeness (QED) is 0.526. The molecule has 1 amide bonds. The van der Waals surface area contributed by atoms with Crippen LogP contribution in [0.3, 0.4) is 0 Å². The van der Waals surface area contributed by atoms with Crippen molar-refractivity contribution in [1.82, 2.24) is 34.1 Å². The van der Waals surface area contributed by atoms with E-state index in [4.69, 9.17) is 15.5 Å². The fourth-order valence-electron chi connectivity index (χ4n) is 3.35. The largest absolute Gasteiger partial charge is 0.383 e. The summed E-state index contributed by atoms with van der Waals surface area (Å²) in [5.41, 5.74) is 9.50. The van der Waals surface area contributed by atoms with E-state index in [0.29, 0.717) is 24.7 Å². The van der Waals surface area contributed by atoms with Crippen LogP contribution in [0.5, 0.6) is 0 Å². The van der Waals surface area contributed by atoms with Crippen molar-refractivity contribution in [2.24, 2.45) is 19.8 Å². The topological polar surface area (TPSA) is 119 Å². The first kappa shape index (κ1) is 18.8. The van der Waals surface area contributed by atoms with E-state index in [1.807, 2.05) is 35.5 Å². The van der Waals surface area contributed by atoms with Crippen molar-refractivity contribution in [3.63, 3.8) is 0 Å². The van der Waals surface area contributed by atoms with Crippen molar-refractivity contribution >= 4 is 16.8 Å². The van der Waals surface area contributed by atoms with Crippen molar-refractivity contribution < 1.29 is 9.53 Å². The first-order valence-corrected chi connectivity index (χ1v) is 9.09. The van der Waals surface area contributed by atoms with Gasteiger partial charge in [0.05, 0.1) is 36.3 Å². The van der Waals surface area contributed by atoms with Crippen LogP contribution in [0, 0.1) is 6.92 Å². The molecule has 4 heterocycles. The number of amides is 1. The van der Waals surface area contributed by atoms with E-state index in [2.05, 4.69) is 15.2 Å². The lowest BCUT2D eigenvalue weighted by atomic mass is 10.2. The SMILES string of the molecule is COCCn1nc(C)cc1-c1cn(C)c(-c2nc(C(N)=O)cc3c2cnn3C)n1. The van der Waals surface area contributed by atoms with Crippen molar-refractivity contribution in [2.75, 3.05) is 13.7 Å². The number of hydrogen-bond donors (Lipinski definition) is 1. The average molecular weight is 394 g/mol. The summed E-state index contributed by atoms with van der Waals surface area (Å²) in [6.45, 7) is 3.11. The Labute approximate surface area is 166 Å². The van der Waals surface area contributed by atoms with Gasteiger partial charge >= 0.3 is 0 Å². The zero-order valence-electron chi connectivity index (χ0n) is 16.7. The number of carbonyl (C=O) groups is 1. The Morgan fingerprint density at radius 1 is 1.24 bits per heavy atom. The molecule has 29 heavy (non-hydrogen) atoms. The van der Waals surface area contributed by atoms with Gasteiger partial charge in [-0.25, -0.2) is 9.97 Å². The van der Waals surface area contributed by atoms with Crippen LogP contribution >= 0.6 is 0 Å². The van der Waals surface area contributed by atoms with Crippen LogP contribution in [-0.2, 0) is 25.4 Å². The van der Waals surface area contributed by atoms with Gasteiger partial charge in [0, 0.05) is 32.8 Å². The van der Waals surface area contributed by atoms with Crippen molar-refractivity contribution in [2.45, 2.75) is 13.5 Å². The number of fused-ring (bicyclic) bond motifs is 1. The molecule has 4 aromatic rings. The van der Waals surface area contributed by atoms with E-state index < -0.39 is 5.91 Å². The molecule has 0 radical (unpaired) electrons. The number of primary amides is 1. The molecule has 0 aliphatic heterocycles. The van der Waals surface area contributed by atoms with Crippen LogP contribution in [-0.4, -0.2) is 53.7 Å². The van der Waals surface area contributed by atoms with Gasteiger partial charge in [0.15, 0.2) is 5.82 Å². The predicted molar refractivity (Wildman–Crippen MR) is 107 cm³/mol. The van der Waals surface area contributed by atoms with Crippen LogP contribution in [0.1, 0.15) is 16.2 Å². The Kier molecular flexibility index (Phi) is 4.63. The molecule has 0 aliphatic rings. The van der Waals surface area contributed by atoms with Gasteiger partial charge in [-0.05, 0) is 19.1 Å². The third-order valence-electron chi connectivity index (χ3n) is 4.76. The molecule has 2 N–H and O–H groups in total. The average Bonchev–Trinajstić information content (AvgIpc) is 3.36. The highest BCUT2D eigenvalue weighted by molar-refractivity contribution is 5.99. The minimum absolute atomic E-state index is 0.168. The molecule has 10 heteroatoms. The number of ether oxygens (including phenoxy) is 1. The number of aryl methyl sites for hydroxylation is 3. The van der Waals surface area contributed by atoms with E-state index >= 15 is 0 Å². The van der Waals surface area contributed by atoms with Crippen molar-refractivity contribution in [3.8, 4) is 22.9 Å². The molecule has 10 nitrogen and oxygen atoms in total. The van der Waals surface area contributed by atoms with Crippen molar-refractivity contribution in [3.05, 3.63) is 35.9 Å². The second kappa shape index (κ2) is 7.13. The summed E-state index contributed by atoms with van der Waals surface area (Å²) in [5.74, 6) is 0.00953. The summed E-state index contributed by atoms with van der Waals surface area (Å²) >= 11 is 0. The normalized spacial score (nSPS) is 11.4. The number of carbonyl (C=O) groups excluding carboxylic acids is 1. The molecule has 0 atom stereocenters. The lowest BCUT2D eigenvalue weighted by molar-refractivity contribution is 0.0996. The molecule has 4 rings (SSSR count). The summed E-state index contributed by atoms with van der Waals surface area (Å²) in [6, 6.07) is 3.62. The molecule has 0 bridgehead atoms. The maximum atomic E-state index is 11.8. The smallest absolute Gasteiger partial charge is 0.267 e. The van der Waals surface area contributed by atoms with Gasteiger partial charge in [-0.3, -0.25) is 14.2 Å². The molecule has 150 valence electrons. The number of methoxy groups -OCH3 is 1. The van der Waals surface area contributed by atoms with Gasteiger partial charge in [0.1, 0.15) is 17.1 Å². The van der Waals surface area contributed by atoms with Gasteiger partial charge in [-0.15, -0.1) is 0 Å². The molecule has 0 spiro atoms. The minimum Gasteiger partial charge on any atom is -0.383 e. The lowest BCUT2D eigenvalue weighted by Gasteiger charge is -2.05. The molecule has 0 fully saturated rings. The Morgan fingerprint density at radius 2 is 2.03 bits per heavy atom. The number of nitrogens with zero attached hydrogens (tertiary/aromatic N) is 7. The third kappa shape index (κ3) is 3.27. The number of hydrogen-bond acceptors (Lipinski definition) is 6. The highest BCUT2D eigenvalue weighted by atomic mass is 16.5. The summed E-state index contributed by atoms with van der Waals surface area (Å²) in [5, 5.41) is 9.61. The van der Waals surface area contributed by atoms with Gasteiger partial charge in [-0.2, -0.15) is 10.2 Å². The molecule has 0 unspecified atom stereocenters. The molecule has 0 saturated carbocycles. The maximum Gasteiger partial charge on any atom is 0.267 e. The van der Waals surface area contributed by atoms with Crippen molar-refractivity contribution in [1.29, 1.82) is 0 Å². The monoisotopic (exact) mass is 394 g/mol. The van der Waals surface area contributed by atoms with Crippen LogP contribution in [0.15, 0.2) is 24.5 Å². The number of imidazole rings is 1. The Balaban J connectivity index is 1.87. The van der Waals surface area contributed by atoms with E-state index in [0.717, 1.165) is 28.0 Å². The highest BCUT2D eigenvalue weighted by Crippen LogP contribution is 2.29. The zero-order valence-corrected chi connectivity index (χ0v) is 16.7. The third-order valence-corrected chi connectivity index (χ3v) is 4.76. The second-order valence-electron chi connectivity index (χ2n) is 6.87. The van der Waals surface area contributed by atoms with E-state index in [9.17, 15) is 4.79 Å². The first-order valence-electron chi connectivity index (χ1n) is 9.09. The maximum absolute atomic E-state index is 11.8. The van der Waals surface area contributed by atoms with Gasteiger partial charge in [0.2, 0.25) is 0 Å². The van der Waals surface area contributed by atoms with Crippen LogP contribution in [0.4, 0.5) is 0 Å². The fourth-order valence-corrected chi connectivity index (χ4v) is 3.35. The predicted octanol–water partition coefficient (Wildman–Crippen LogP) is 1.29. The highest BCUT2D eigenvalue weighted by Gasteiger charge is 2.20. The molecular weight excluding hydrogens is 372 g/mol. The van der Waals surface area contributed by atoms with Crippen LogP contribution in [0.25, 0.3) is 33.8 Å². The number of rotatable bonds is 6. The summed E-state index contributed by atoms with van der Waals surface area (Å²) in [4.78, 5) is 21.1. The fraction of sp³-hybridized carbons (Fsp3) is 0.316. The molecular formula is C19H22N8O2. The van der Waals surface area contributed by atoms with E-state index in [1.165, 1.54) is 0 Å². The second-order valence-corrected chi connectivity index (χ2v) is 6.87.